The molecule has 0 unspecified atom stereocenters. The van der Waals surface area contributed by atoms with E-state index < -0.39 is 0 Å². The van der Waals surface area contributed by atoms with E-state index in [1.165, 1.54) is 5.56 Å². The lowest BCUT2D eigenvalue weighted by Crippen LogP contribution is -1.88. The van der Waals surface area contributed by atoms with Gasteiger partial charge in [0.15, 0.2) is 0 Å². The number of aryl methyl sites for hydroxylation is 2. The van der Waals surface area contributed by atoms with Crippen molar-refractivity contribution in [1.29, 1.82) is 0 Å². The third-order valence-electron chi connectivity index (χ3n) is 1.99. The minimum Gasteiger partial charge on any atom is -0.507 e. The summed E-state index contributed by atoms with van der Waals surface area (Å²) in [5.41, 5.74) is 2.96. The predicted molar refractivity (Wildman–Crippen MR) is 51.8 cm³/mol. The van der Waals surface area contributed by atoms with Gasteiger partial charge in [-0.3, -0.25) is 0 Å². The molecule has 1 nitrogen and oxygen atoms in total. The van der Waals surface area contributed by atoms with Crippen LogP contribution in [0.2, 0.25) is 0 Å². The van der Waals surface area contributed by atoms with Gasteiger partial charge in [-0.25, -0.2) is 0 Å². The quantitative estimate of drug-likeness (QED) is 0.701. The molecule has 0 aliphatic rings. The Morgan fingerprint density at radius 2 is 2.08 bits per heavy atom. The van der Waals surface area contributed by atoms with Crippen molar-refractivity contribution in [2.24, 2.45) is 0 Å². The zero-order valence-electron chi connectivity index (χ0n) is 7.39. The summed E-state index contributed by atoms with van der Waals surface area (Å²) in [5, 5.41) is 9.53. The highest BCUT2D eigenvalue weighted by molar-refractivity contribution is 6.17. The molecule has 0 bridgehead atoms. The average Bonchev–Trinajstić information content (AvgIpc) is 2.09. The summed E-state index contributed by atoms with van der Waals surface area (Å²) in [7, 11) is 0. The third-order valence-corrected chi connectivity index (χ3v) is 2.28. The van der Waals surface area contributed by atoms with E-state index in [9.17, 15) is 5.11 Å². The van der Waals surface area contributed by atoms with Crippen molar-refractivity contribution >= 4 is 11.6 Å². The van der Waals surface area contributed by atoms with Crippen molar-refractivity contribution in [3.05, 3.63) is 28.8 Å². The van der Waals surface area contributed by atoms with Crippen LogP contribution in [0, 0.1) is 6.92 Å². The molecule has 0 fully saturated rings. The Labute approximate surface area is 78.0 Å². The molecule has 12 heavy (non-hydrogen) atoms. The molecule has 0 atom stereocenters. The second-order valence-corrected chi connectivity index (χ2v) is 3.17. The Bertz CT molecular complexity index is 281. The van der Waals surface area contributed by atoms with Gasteiger partial charge in [0.25, 0.3) is 0 Å². The molecule has 0 saturated heterocycles. The van der Waals surface area contributed by atoms with Crippen LogP contribution in [0.4, 0.5) is 0 Å². The van der Waals surface area contributed by atoms with Crippen molar-refractivity contribution in [2.45, 2.75) is 26.1 Å². The summed E-state index contributed by atoms with van der Waals surface area (Å²) in [4.78, 5) is 0. The topological polar surface area (TPSA) is 20.2 Å². The lowest BCUT2D eigenvalue weighted by atomic mass is 10.0. The predicted octanol–water partition coefficient (Wildman–Crippen LogP) is 3.00. The maximum atomic E-state index is 9.53. The SMILES string of the molecule is CCc1cc(C)c(O)c(CCl)c1. The van der Waals surface area contributed by atoms with Crippen LogP contribution in [0.5, 0.6) is 5.75 Å². The first-order valence-electron chi connectivity index (χ1n) is 4.06. The van der Waals surface area contributed by atoms with Crippen LogP contribution < -0.4 is 0 Å². The highest BCUT2D eigenvalue weighted by Crippen LogP contribution is 2.25. The Balaban J connectivity index is 3.19. The number of hydrogen-bond donors (Lipinski definition) is 1. The number of halogens is 1. The van der Waals surface area contributed by atoms with Gasteiger partial charge in [0.05, 0.1) is 5.88 Å². The van der Waals surface area contributed by atoms with Gasteiger partial charge in [-0.05, 0) is 24.5 Å². The molecule has 2 heteroatoms. The minimum atomic E-state index is 0.335. The number of hydrogen-bond acceptors (Lipinski definition) is 1. The smallest absolute Gasteiger partial charge is 0.122 e. The molecule has 0 aliphatic carbocycles. The maximum Gasteiger partial charge on any atom is 0.122 e. The standard InChI is InChI=1S/C10H13ClO/c1-3-8-4-7(2)10(12)9(5-8)6-11/h4-5,12H,3,6H2,1-2H3. The number of phenolic OH excluding ortho intramolecular Hbond substituents is 1. The van der Waals surface area contributed by atoms with Crippen LogP contribution in [-0.2, 0) is 12.3 Å². The van der Waals surface area contributed by atoms with Crippen LogP contribution in [0.1, 0.15) is 23.6 Å². The molecular formula is C10H13ClO. The zero-order valence-corrected chi connectivity index (χ0v) is 8.15. The second-order valence-electron chi connectivity index (χ2n) is 2.91. The van der Waals surface area contributed by atoms with Gasteiger partial charge in [-0.1, -0.05) is 19.1 Å². The Kier molecular flexibility index (Phi) is 2.99. The molecule has 0 aliphatic heterocycles. The largest absolute Gasteiger partial charge is 0.507 e. The van der Waals surface area contributed by atoms with E-state index in [0.29, 0.717) is 11.6 Å². The Hall–Kier alpha value is -0.690. The van der Waals surface area contributed by atoms with E-state index in [1.807, 2.05) is 19.1 Å². The molecule has 1 aromatic rings. The van der Waals surface area contributed by atoms with E-state index in [2.05, 4.69) is 6.92 Å². The number of rotatable bonds is 2. The van der Waals surface area contributed by atoms with Gasteiger partial charge in [-0.2, -0.15) is 0 Å². The average molecular weight is 185 g/mol. The van der Waals surface area contributed by atoms with E-state index in [-0.39, 0.29) is 0 Å². The summed E-state index contributed by atoms with van der Waals surface area (Å²) in [6, 6.07) is 3.95. The van der Waals surface area contributed by atoms with Gasteiger partial charge in [0, 0.05) is 5.56 Å². The monoisotopic (exact) mass is 184 g/mol. The van der Waals surface area contributed by atoms with Crippen LogP contribution >= 0.6 is 11.6 Å². The third kappa shape index (κ3) is 1.72. The normalized spacial score (nSPS) is 10.2. The zero-order chi connectivity index (χ0) is 9.14. The van der Waals surface area contributed by atoms with E-state index in [1.54, 1.807) is 0 Å². The molecule has 0 saturated carbocycles. The fourth-order valence-electron chi connectivity index (χ4n) is 1.24. The molecule has 0 spiro atoms. The molecule has 66 valence electrons. The maximum absolute atomic E-state index is 9.53. The van der Waals surface area contributed by atoms with Crippen molar-refractivity contribution in [3.63, 3.8) is 0 Å². The molecule has 0 radical (unpaired) electrons. The first-order chi connectivity index (χ1) is 5.69. The lowest BCUT2D eigenvalue weighted by molar-refractivity contribution is 0.466. The van der Waals surface area contributed by atoms with Crippen molar-refractivity contribution < 1.29 is 5.11 Å². The number of benzene rings is 1. The molecule has 1 aromatic carbocycles. The van der Waals surface area contributed by atoms with Gasteiger partial charge < -0.3 is 5.11 Å². The highest BCUT2D eigenvalue weighted by atomic mass is 35.5. The van der Waals surface area contributed by atoms with Crippen molar-refractivity contribution in [2.75, 3.05) is 0 Å². The molecule has 0 heterocycles. The number of phenols is 1. The Morgan fingerprint density at radius 1 is 1.42 bits per heavy atom. The molecule has 1 rings (SSSR count). The summed E-state index contributed by atoms with van der Waals surface area (Å²) in [6.07, 6.45) is 0.977. The number of aromatic hydroxyl groups is 1. The molecule has 0 amide bonds. The van der Waals surface area contributed by atoms with Gasteiger partial charge in [-0.15, -0.1) is 11.6 Å². The van der Waals surface area contributed by atoms with Crippen molar-refractivity contribution in [1.82, 2.24) is 0 Å². The first kappa shape index (κ1) is 9.40. The van der Waals surface area contributed by atoms with Crippen LogP contribution in [-0.4, -0.2) is 5.11 Å². The summed E-state index contributed by atoms with van der Waals surface area (Å²) in [6.45, 7) is 3.98. The highest BCUT2D eigenvalue weighted by Gasteiger charge is 2.04. The van der Waals surface area contributed by atoms with Gasteiger partial charge in [0.2, 0.25) is 0 Å². The summed E-state index contributed by atoms with van der Waals surface area (Å²) >= 11 is 5.67. The summed E-state index contributed by atoms with van der Waals surface area (Å²) in [5.74, 6) is 0.711. The lowest BCUT2D eigenvalue weighted by Gasteiger charge is -2.06. The van der Waals surface area contributed by atoms with Crippen molar-refractivity contribution in [3.8, 4) is 5.75 Å². The van der Waals surface area contributed by atoms with Gasteiger partial charge in [0.1, 0.15) is 5.75 Å². The fraction of sp³-hybridized carbons (Fsp3) is 0.400. The molecule has 0 aromatic heterocycles. The van der Waals surface area contributed by atoms with E-state index in [0.717, 1.165) is 17.5 Å². The van der Waals surface area contributed by atoms with Crippen LogP contribution in [0.15, 0.2) is 12.1 Å². The molecule has 1 N–H and O–H groups in total. The van der Waals surface area contributed by atoms with Crippen LogP contribution in [0.25, 0.3) is 0 Å². The van der Waals surface area contributed by atoms with Gasteiger partial charge >= 0.3 is 0 Å². The fourth-order valence-corrected chi connectivity index (χ4v) is 1.44. The summed E-state index contributed by atoms with van der Waals surface area (Å²) < 4.78 is 0. The Morgan fingerprint density at radius 3 is 2.58 bits per heavy atom. The number of alkyl halides is 1. The minimum absolute atomic E-state index is 0.335. The molecular weight excluding hydrogens is 172 g/mol. The second kappa shape index (κ2) is 3.81. The van der Waals surface area contributed by atoms with Crippen LogP contribution in [0.3, 0.4) is 0 Å². The van der Waals surface area contributed by atoms with E-state index in [4.69, 9.17) is 11.6 Å². The van der Waals surface area contributed by atoms with E-state index >= 15 is 0 Å². The first-order valence-corrected chi connectivity index (χ1v) is 4.59.